The number of allylic oxidation sites excluding steroid dienone is 1. The number of hydrogen-bond donors (Lipinski definition) is 0. The summed E-state index contributed by atoms with van der Waals surface area (Å²) in [7, 11) is 0. The summed E-state index contributed by atoms with van der Waals surface area (Å²) in [5.41, 5.74) is 0.992. The van der Waals surface area contributed by atoms with Gasteiger partial charge in [0.15, 0.2) is 0 Å². The first-order valence-corrected chi connectivity index (χ1v) is 7.95. The van der Waals surface area contributed by atoms with Gasteiger partial charge in [0.25, 0.3) is 0 Å². The molecule has 2 aliphatic rings. The number of nitrogens with zero attached hydrogens (tertiary/aromatic N) is 1. The molecule has 0 N–H and O–H groups in total. The van der Waals surface area contributed by atoms with Crippen molar-refractivity contribution in [1.29, 1.82) is 0 Å². The van der Waals surface area contributed by atoms with E-state index in [1.807, 2.05) is 43.3 Å². The second kappa shape index (κ2) is 5.95. The number of ether oxygens (including phenoxy) is 1. The lowest BCUT2D eigenvalue weighted by Crippen LogP contribution is -2.50. The first-order valence-electron chi connectivity index (χ1n) is 7.95. The van der Waals surface area contributed by atoms with Gasteiger partial charge in [-0.25, -0.2) is 0 Å². The average molecular weight is 299 g/mol. The van der Waals surface area contributed by atoms with Crippen LogP contribution in [0.4, 0.5) is 5.69 Å². The molecule has 0 aromatic heterocycles. The number of piperidine rings is 1. The minimum Gasteiger partial charge on any atom is -0.465 e. The van der Waals surface area contributed by atoms with Crippen LogP contribution in [-0.4, -0.2) is 18.5 Å². The number of rotatable bonds is 3. The van der Waals surface area contributed by atoms with Gasteiger partial charge in [0.05, 0.1) is 6.61 Å². The highest BCUT2D eigenvalue weighted by Gasteiger charge is 2.51. The summed E-state index contributed by atoms with van der Waals surface area (Å²) in [6.45, 7) is 2.19. The maximum absolute atomic E-state index is 12.6. The molecular weight excluding hydrogens is 278 g/mol. The molecule has 1 saturated heterocycles. The van der Waals surface area contributed by atoms with E-state index in [0.717, 1.165) is 30.6 Å². The van der Waals surface area contributed by atoms with Gasteiger partial charge in [0.2, 0.25) is 5.91 Å². The summed E-state index contributed by atoms with van der Waals surface area (Å²) in [5.74, 6) is -0.131. The number of hydrogen-bond acceptors (Lipinski definition) is 3. The standard InChI is InChI=1S/C18H21NO3/c1-2-22-17(21)18-12-7-6-10-15(18)19(16(20)11-13-18)14-8-4-3-5-9-14/h3-5,8-10H,2,6-7,11-13H2,1H3/t18-/m1/s1. The van der Waals surface area contributed by atoms with Crippen molar-refractivity contribution in [3.05, 3.63) is 42.1 Å². The molecule has 1 aromatic carbocycles. The van der Waals surface area contributed by atoms with Crippen molar-refractivity contribution in [2.24, 2.45) is 5.41 Å². The predicted octanol–water partition coefficient (Wildman–Crippen LogP) is 3.43. The maximum Gasteiger partial charge on any atom is 0.318 e. The molecule has 0 unspecified atom stereocenters. The number of carbonyl (C=O) groups excluding carboxylic acids is 2. The van der Waals surface area contributed by atoms with Gasteiger partial charge in [0.1, 0.15) is 5.41 Å². The third-order valence-electron chi connectivity index (χ3n) is 4.57. The zero-order valence-corrected chi connectivity index (χ0v) is 12.9. The molecule has 22 heavy (non-hydrogen) atoms. The molecule has 116 valence electrons. The summed E-state index contributed by atoms with van der Waals surface area (Å²) in [6, 6.07) is 9.56. The number of amides is 1. The van der Waals surface area contributed by atoms with Crippen LogP contribution in [0.2, 0.25) is 0 Å². The van der Waals surface area contributed by atoms with Crippen molar-refractivity contribution in [3.8, 4) is 0 Å². The van der Waals surface area contributed by atoms with E-state index < -0.39 is 5.41 Å². The Morgan fingerprint density at radius 2 is 2.05 bits per heavy atom. The fourth-order valence-electron chi connectivity index (χ4n) is 3.53. The Labute approximate surface area is 130 Å². The van der Waals surface area contributed by atoms with Gasteiger partial charge in [-0.05, 0) is 44.7 Å². The highest BCUT2D eigenvalue weighted by atomic mass is 16.5. The molecule has 1 atom stereocenters. The Morgan fingerprint density at radius 1 is 1.27 bits per heavy atom. The van der Waals surface area contributed by atoms with Crippen LogP contribution in [-0.2, 0) is 14.3 Å². The SMILES string of the molecule is CCOC(=O)[C@@]12CCCC=C1N(c1ccccc1)C(=O)CC2. The van der Waals surface area contributed by atoms with Gasteiger partial charge in [-0.15, -0.1) is 0 Å². The van der Waals surface area contributed by atoms with Crippen LogP contribution in [0.15, 0.2) is 42.1 Å². The summed E-state index contributed by atoms with van der Waals surface area (Å²) in [5, 5.41) is 0. The molecule has 1 aliphatic carbocycles. The van der Waals surface area contributed by atoms with Crippen molar-refractivity contribution in [3.63, 3.8) is 0 Å². The largest absolute Gasteiger partial charge is 0.465 e. The number of fused-ring (bicyclic) bond motifs is 1. The fourth-order valence-corrected chi connectivity index (χ4v) is 3.53. The molecular formula is C18H21NO3. The molecule has 1 amide bonds. The van der Waals surface area contributed by atoms with Crippen molar-refractivity contribution >= 4 is 17.6 Å². The lowest BCUT2D eigenvalue weighted by molar-refractivity contribution is -0.155. The number of anilines is 1. The lowest BCUT2D eigenvalue weighted by atomic mass is 9.69. The lowest BCUT2D eigenvalue weighted by Gasteiger charge is -2.45. The molecule has 4 nitrogen and oxygen atoms in total. The highest BCUT2D eigenvalue weighted by Crippen LogP contribution is 2.48. The van der Waals surface area contributed by atoms with Gasteiger partial charge >= 0.3 is 5.97 Å². The maximum atomic E-state index is 12.6. The van der Waals surface area contributed by atoms with Gasteiger partial charge in [-0.3, -0.25) is 14.5 Å². The van der Waals surface area contributed by atoms with Crippen LogP contribution in [0, 0.1) is 5.41 Å². The van der Waals surface area contributed by atoms with Crippen molar-refractivity contribution in [2.75, 3.05) is 11.5 Å². The highest BCUT2D eigenvalue weighted by molar-refractivity contribution is 6.01. The number of carbonyl (C=O) groups is 2. The van der Waals surface area contributed by atoms with Crippen LogP contribution in [0.1, 0.15) is 39.0 Å². The van der Waals surface area contributed by atoms with Crippen molar-refractivity contribution < 1.29 is 14.3 Å². The van der Waals surface area contributed by atoms with E-state index in [1.165, 1.54) is 0 Å². The zero-order valence-electron chi connectivity index (χ0n) is 12.9. The Hall–Kier alpha value is -2.10. The van der Waals surface area contributed by atoms with Crippen molar-refractivity contribution in [1.82, 2.24) is 0 Å². The minimum absolute atomic E-state index is 0.0549. The second-order valence-electron chi connectivity index (χ2n) is 5.85. The van der Waals surface area contributed by atoms with Gasteiger partial charge < -0.3 is 4.74 Å². The van der Waals surface area contributed by atoms with E-state index in [9.17, 15) is 9.59 Å². The quantitative estimate of drug-likeness (QED) is 0.803. The monoisotopic (exact) mass is 299 g/mol. The zero-order chi connectivity index (χ0) is 15.6. The van der Waals surface area contributed by atoms with E-state index in [4.69, 9.17) is 4.74 Å². The predicted molar refractivity (Wildman–Crippen MR) is 84.2 cm³/mol. The number of para-hydroxylation sites is 1. The Morgan fingerprint density at radius 3 is 2.77 bits per heavy atom. The molecule has 4 heteroatoms. The molecule has 1 aliphatic heterocycles. The topological polar surface area (TPSA) is 46.6 Å². The minimum atomic E-state index is -0.655. The molecule has 1 heterocycles. The summed E-state index contributed by atoms with van der Waals surface area (Å²) in [4.78, 5) is 26.9. The molecule has 0 bridgehead atoms. The Balaban J connectivity index is 2.05. The molecule has 3 rings (SSSR count). The van der Waals surface area contributed by atoms with E-state index in [-0.39, 0.29) is 11.9 Å². The Bertz CT molecular complexity index is 608. The van der Waals surface area contributed by atoms with E-state index in [1.54, 1.807) is 4.90 Å². The fraction of sp³-hybridized carbons (Fsp3) is 0.444. The van der Waals surface area contributed by atoms with Gasteiger partial charge in [-0.2, -0.15) is 0 Å². The van der Waals surface area contributed by atoms with Crippen LogP contribution in [0.3, 0.4) is 0 Å². The number of esters is 1. The van der Waals surface area contributed by atoms with E-state index >= 15 is 0 Å². The summed E-state index contributed by atoms with van der Waals surface area (Å²) in [6.07, 6.45) is 5.59. The first kappa shape index (κ1) is 14.8. The summed E-state index contributed by atoms with van der Waals surface area (Å²) >= 11 is 0. The van der Waals surface area contributed by atoms with E-state index in [0.29, 0.717) is 19.4 Å². The smallest absolute Gasteiger partial charge is 0.318 e. The summed E-state index contributed by atoms with van der Waals surface area (Å²) < 4.78 is 5.34. The molecule has 1 aromatic rings. The normalized spacial score (nSPS) is 24.5. The average Bonchev–Trinajstić information content (AvgIpc) is 2.56. The molecule has 0 spiro atoms. The van der Waals surface area contributed by atoms with Crippen LogP contribution in [0.25, 0.3) is 0 Å². The van der Waals surface area contributed by atoms with Crippen LogP contribution in [0.5, 0.6) is 0 Å². The molecule has 0 radical (unpaired) electrons. The third-order valence-corrected chi connectivity index (χ3v) is 4.57. The van der Waals surface area contributed by atoms with Crippen LogP contribution >= 0.6 is 0 Å². The third kappa shape index (κ3) is 2.32. The molecule has 0 saturated carbocycles. The van der Waals surface area contributed by atoms with Gasteiger partial charge in [-0.1, -0.05) is 24.3 Å². The van der Waals surface area contributed by atoms with Gasteiger partial charge in [0, 0.05) is 17.8 Å². The Kier molecular flexibility index (Phi) is 4.01. The van der Waals surface area contributed by atoms with Crippen LogP contribution < -0.4 is 4.90 Å². The second-order valence-corrected chi connectivity index (χ2v) is 5.85. The van der Waals surface area contributed by atoms with Crippen molar-refractivity contribution in [2.45, 2.75) is 39.0 Å². The van der Waals surface area contributed by atoms with E-state index in [2.05, 4.69) is 0 Å². The molecule has 1 fully saturated rings. The number of benzene rings is 1. The first-order chi connectivity index (χ1) is 10.7.